The number of halogens is 1. The SMILES string of the molecule is Cc1cc(NC(=O)NC(=O)CCl)nn1C. The molecule has 0 aliphatic carbocycles. The molecule has 0 aromatic carbocycles. The van der Waals surface area contributed by atoms with Crippen LogP contribution < -0.4 is 10.6 Å². The fourth-order valence-electron chi connectivity index (χ4n) is 0.929. The Hall–Kier alpha value is -1.56. The normalized spacial score (nSPS) is 9.80. The lowest BCUT2D eigenvalue weighted by atomic mass is 10.5. The van der Waals surface area contributed by atoms with Gasteiger partial charge < -0.3 is 0 Å². The van der Waals surface area contributed by atoms with Crippen LogP contribution >= 0.6 is 11.6 Å². The summed E-state index contributed by atoms with van der Waals surface area (Å²) in [7, 11) is 1.75. The van der Waals surface area contributed by atoms with E-state index in [4.69, 9.17) is 11.6 Å². The zero-order valence-electron chi connectivity index (χ0n) is 8.37. The van der Waals surface area contributed by atoms with Crippen LogP contribution in [0.1, 0.15) is 5.69 Å². The first-order chi connectivity index (χ1) is 7.02. The first-order valence-electron chi connectivity index (χ1n) is 4.20. The summed E-state index contributed by atoms with van der Waals surface area (Å²) in [4.78, 5) is 21.9. The number of carbonyl (C=O) groups excluding carboxylic acids is 2. The molecule has 1 aromatic heterocycles. The van der Waals surface area contributed by atoms with Crippen molar-refractivity contribution in [1.29, 1.82) is 0 Å². The third-order valence-electron chi connectivity index (χ3n) is 1.73. The first kappa shape index (κ1) is 11.5. The van der Waals surface area contributed by atoms with Gasteiger partial charge in [0.15, 0.2) is 5.82 Å². The maximum Gasteiger partial charge on any atom is 0.327 e. The van der Waals surface area contributed by atoms with E-state index in [-0.39, 0.29) is 5.88 Å². The summed E-state index contributed by atoms with van der Waals surface area (Å²) < 4.78 is 1.61. The Bertz CT molecular complexity index is 368. The first-order valence-corrected chi connectivity index (χ1v) is 4.74. The summed E-state index contributed by atoms with van der Waals surface area (Å²) in [6.45, 7) is 1.85. The molecule has 0 radical (unpaired) electrons. The Morgan fingerprint density at radius 1 is 1.60 bits per heavy atom. The van der Waals surface area contributed by atoms with Crippen molar-refractivity contribution in [3.8, 4) is 0 Å². The third kappa shape index (κ3) is 3.25. The van der Waals surface area contributed by atoms with E-state index >= 15 is 0 Å². The Labute approximate surface area is 91.6 Å². The van der Waals surface area contributed by atoms with Crippen LogP contribution in [0.5, 0.6) is 0 Å². The van der Waals surface area contributed by atoms with Crippen LogP contribution in [0.4, 0.5) is 10.6 Å². The van der Waals surface area contributed by atoms with Gasteiger partial charge in [0.1, 0.15) is 5.88 Å². The number of nitrogens with zero attached hydrogens (tertiary/aromatic N) is 2. The zero-order valence-corrected chi connectivity index (χ0v) is 9.13. The van der Waals surface area contributed by atoms with Gasteiger partial charge in [0.25, 0.3) is 0 Å². The summed E-state index contributed by atoms with van der Waals surface area (Å²) in [6.07, 6.45) is 0. The van der Waals surface area contributed by atoms with Crippen LogP contribution in [0.3, 0.4) is 0 Å². The monoisotopic (exact) mass is 230 g/mol. The Morgan fingerprint density at radius 2 is 2.27 bits per heavy atom. The van der Waals surface area contributed by atoms with Gasteiger partial charge in [-0.25, -0.2) is 4.79 Å². The number of nitrogens with one attached hydrogen (secondary N) is 2. The molecule has 7 heteroatoms. The molecule has 1 rings (SSSR count). The molecular weight excluding hydrogens is 220 g/mol. The van der Waals surface area contributed by atoms with Crippen LogP contribution in [0.25, 0.3) is 0 Å². The number of amides is 3. The van der Waals surface area contributed by atoms with Crippen molar-refractivity contribution in [2.24, 2.45) is 7.05 Å². The molecule has 0 aliphatic heterocycles. The zero-order chi connectivity index (χ0) is 11.4. The number of carbonyl (C=O) groups is 2. The van der Waals surface area contributed by atoms with E-state index in [2.05, 4.69) is 10.4 Å². The Balaban J connectivity index is 2.55. The highest BCUT2D eigenvalue weighted by atomic mass is 35.5. The Kier molecular flexibility index (Phi) is 3.68. The predicted molar refractivity (Wildman–Crippen MR) is 55.8 cm³/mol. The quantitative estimate of drug-likeness (QED) is 0.731. The topological polar surface area (TPSA) is 76.0 Å². The van der Waals surface area contributed by atoms with E-state index < -0.39 is 11.9 Å². The van der Waals surface area contributed by atoms with E-state index in [9.17, 15) is 9.59 Å². The number of aryl methyl sites for hydroxylation is 2. The molecule has 0 unspecified atom stereocenters. The fraction of sp³-hybridized carbons (Fsp3) is 0.375. The van der Waals surface area contributed by atoms with Crippen LogP contribution in [0.15, 0.2) is 6.07 Å². The second kappa shape index (κ2) is 4.79. The average Bonchev–Trinajstić information content (AvgIpc) is 2.45. The van der Waals surface area contributed by atoms with Gasteiger partial charge in [-0.15, -0.1) is 11.6 Å². The average molecular weight is 231 g/mol. The summed E-state index contributed by atoms with van der Waals surface area (Å²) in [6, 6.07) is 1.05. The lowest BCUT2D eigenvalue weighted by Gasteiger charge is -2.01. The minimum Gasteiger partial charge on any atom is -0.291 e. The highest BCUT2D eigenvalue weighted by Gasteiger charge is 2.08. The van der Waals surface area contributed by atoms with Crippen LogP contribution in [0, 0.1) is 6.92 Å². The molecule has 0 bridgehead atoms. The van der Waals surface area contributed by atoms with Gasteiger partial charge in [-0.3, -0.25) is 20.1 Å². The summed E-state index contributed by atoms with van der Waals surface area (Å²) in [5.74, 6) is -0.425. The predicted octanol–water partition coefficient (Wildman–Crippen LogP) is 0.615. The van der Waals surface area contributed by atoms with Crippen molar-refractivity contribution < 1.29 is 9.59 Å². The number of anilines is 1. The number of imide groups is 1. The molecule has 0 saturated carbocycles. The van der Waals surface area contributed by atoms with Gasteiger partial charge in [-0.1, -0.05) is 0 Å². The van der Waals surface area contributed by atoms with Crippen molar-refractivity contribution in [3.05, 3.63) is 11.8 Å². The van der Waals surface area contributed by atoms with Gasteiger partial charge in [-0.05, 0) is 6.92 Å². The molecule has 0 atom stereocenters. The fourth-order valence-corrected chi connectivity index (χ4v) is 0.996. The lowest BCUT2D eigenvalue weighted by molar-refractivity contribution is -0.117. The lowest BCUT2D eigenvalue weighted by Crippen LogP contribution is -2.35. The largest absolute Gasteiger partial charge is 0.327 e. The molecule has 6 nitrogen and oxygen atoms in total. The van der Waals surface area contributed by atoms with Crippen LogP contribution in [-0.4, -0.2) is 27.6 Å². The molecule has 3 amide bonds. The maximum atomic E-state index is 11.2. The van der Waals surface area contributed by atoms with Crippen molar-refractivity contribution in [1.82, 2.24) is 15.1 Å². The van der Waals surface area contributed by atoms with E-state index in [1.165, 1.54) is 0 Å². The van der Waals surface area contributed by atoms with E-state index in [1.807, 2.05) is 12.2 Å². The summed E-state index contributed by atoms with van der Waals surface area (Å²) in [5, 5.41) is 8.43. The highest BCUT2D eigenvalue weighted by Crippen LogP contribution is 2.05. The highest BCUT2D eigenvalue weighted by molar-refractivity contribution is 6.28. The number of alkyl halides is 1. The second-order valence-corrected chi connectivity index (χ2v) is 3.20. The molecule has 2 N–H and O–H groups in total. The smallest absolute Gasteiger partial charge is 0.291 e. The number of hydrogen-bond donors (Lipinski definition) is 2. The van der Waals surface area contributed by atoms with Gasteiger partial charge >= 0.3 is 6.03 Å². The minimum atomic E-state index is -0.640. The minimum absolute atomic E-state index is 0.255. The van der Waals surface area contributed by atoms with E-state index in [1.54, 1.807) is 17.8 Å². The summed E-state index contributed by atoms with van der Waals surface area (Å²) in [5.41, 5.74) is 0.897. The number of rotatable bonds is 2. The maximum absolute atomic E-state index is 11.2. The van der Waals surface area contributed by atoms with Crippen molar-refractivity contribution >= 4 is 29.4 Å². The van der Waals surface area contributed by atoms with E-state index in [0.29, 0.717) is 5.82 Å². The van der Waals surface area contributed by atoms with Gasteiger partial charge in [0, 0.05) is 18.8 Å². The molecule has 0 spiro atoms. The molecule has 1 heterocycles. The van der Waals surface area contributed by atoms with Crippen molar-refractivity contribution in [2.45, 2.75) is 6.92 Å². The molecule has 0 aliphatic rings. The van der Waals surface area contributed by atoms with Crippen LogP contribution in [0.2, 0.25) is 0 Å². The number of urea groups is 1. The Morgan fingerprint density at radius 3 is 2.73 bits per heavy atom. The number of aromatic nitrogens is 2. The second-order valence-electron chi connectivity index (χ2n) is 2.93. The van der Waals surface area contributed by atoms with Crippen molar-refractivity contribution in [2.75, 3.05) is 11.2 Å². The van der Waals surface area contributed by atoms with Gasteiger partial charge in [0.05, 0.1) is 0 Å². The molecule has 0 saturated heterocycles. The van der Waals surface area contributed by atoms with Gasteiger partial charge in [-0.2, -0.15) is 5.10 Å². The molecule has 0 fully saturated rings. The standard InChI is InChI=1S/C8H11ClN4O2/c1-5-3-6(12-13(5)2)10-8(15)11-7(14)4-9/h3H,4H2,1-2H3,(H2,10,11,12,14,15). The molecular formula is C8H11ClN4O2. The molecule has 15 heavy (non-hydrogen) atoms. The van der Waals surface area contributed by atoms with E-state index in [0.717, 1.165) is 5.69 Å². The molecule has 1 aromatic rings. The summed E-state index contributed by atoms with van der Waals surface area (Å²) >= 11 is 5.22. The molecule has 82 valence electrons. The third-order valence-corrected chi connectivity index (χ3v) is 1.97. The van der Waals surface area contributed by atoms with Crippen molar-refractivity contribution in [3.63, 3.8) is 0 Å². The van der Waals surface area contributed by atoms with Gasteiger partial charge in [0.2, 0.25) is 5.91 Å². The number of hydrogen-bond acceptors (Lipinski definition) is 3. The van der Waals surface area contributed by atoms with Crippen LogP contribution in [-0.2, 0) is 11.8 Å².